The van der Waals surface area contributed by atoms with Crippen LogP contribution in [-0.4, -0.2) is 11.9 Å². The minimum Gasteiger partial charge on any atom is -0.323 e. The number of hydrogen-bond acceptors (Lipinski definition) is 2. The summed E-state index contributed by atoms with van der Waals surface area (Å²) in [4.78, 5) is 11.5. The summed E-state index contributed by atoms with van der Waals surface area (Å²) in [5.74, 6) is -0.303. The Balaban J connectivity index is 2.90. The van der Waals surface area contributed by atoms with E-state index in [1.54, 1.807) is 0 Å². The fraction of sp³-hybridized carbons (Fsp3) is 0.300. The average Bonchev–Trinajstić information content (AvgIpc) is 2.24. The maximum Gasteiger partial charge on any atom is 0.241 e. The van der Waals surface area contributed by atoms with Crippen molar-refractivity contribution in [1.82, 2.24) is 0 Å². The van der Waals surface area contributed by atoms with Crippen molar-refractivity contribution < 1.29 is 4.79 Å². The molecule has 6 heteroatoms. The minimum atomic E-state index is -0.564. The molecule has 3 N–H and O–H groups in total. The van der Waals surface area contributed by atoms with E-state index in [4.69, 9.17) is 40.5 Å². The van der Waals surface area contributed by atoms with Crippen LogP contribution in [0.5, 0.6) is 0 Å². The Morgan fingerprint density at radius 1 is 1.31 bits per heavy atom. The highest BCUT2D eigenvalue weighted by atomic mass is 35.5. The standard InChI is InChI=1S/C10H11Cl3N2O/c1-2-8(14)10(16)15-9-4-6(12)5(11)3-7(9)13/h3-4,8H,2,14H2,1H3,(H,15,16). The number of halogens is 3. The van der Waals surface area contributed by atoms with Crippen molar-refractivity contribution in [1.29, 1.82) is 0 Å². The summed E-state index contributed by atoms with van der Waals surface area (Å²) in [6, 6.07) is 2.40. The van der Waals surface area contributed by atoms with Crippen molar-refractivity contribution in [2.75, 3.05) is 5.32 Å². The molecule has 1 aromatic carbocycles. The number of anilines is 1. The Morgan fingerprint density at radius 2 is 1.88 bits per heavy atom. The summed E-state index contributed by atoms with van der Waals surface area (Å²) in [5.41, 5.74) is 5.98. The normalized spacial score (nSPS) is 12.3. The highest BCUT2D eigenvalue weighted by Crippen LogP contribution is 2.32. The van der Waals surface area contributed by atoms with Gasteiger partial charge < -0.3 is 11.1 Å². The van der Waals surface area contributed by atoms with Gasteiger partial charge in [-0.05, 0) is 18.6 Å². The fourth-order valence-electron chi connectivity index (χ4n) is 1.03. The molecule has 0 spiro atoms. The van der Waals surface area contributed by atoms with Crippen LogP contribution in [0.25, 0.3) is 0 Å². The summed E-state index contributed by atoms with van der Waals surface area (Å²) in [6.45, 7) is 1.82. The van der Waals surface area contributed by atoms with Gasteiger partial charge >= 0.3 is 0 Å². The zero-order valence-electron chi connectivity index (χ0n) is 8.56. The third-order valence-corrected chi connectivity index (χ3v) is 3.08. The molecule has 1 atom stereocenters. The fourth-order valence-corrected chi connectivity index (χ4v) is 1.62. The van der Waals surface area contributed by atoms with Gasteiger partial charge in [-0.2, -0.15) is 0 Å². The summed E-state index contributed by atoms with van der Waals surface area (Å²) >= 11 is 17.5. The highest BCUT2D eigenvalue weighted by Gasteiger charge is 2.13. The van der Waals surface area contributed by atoms with E-state index in [0.717, 1.165) is 0 Å². The van der Waals surface area contributed by atoms with Gasteiger partial charge in [0, 0.05) is 0 Å². The molecule has 0 aliphatic carbocycles. The molecule has 1 aromatic rings. The number of nitrogens with one attached hydrogen (secondary N) is 1. The van der Waals surface area contributed by atoms with E-state index in [2.05, 4.69) is 5.32 Å². The van der Waals surface area contributed by atoms with Crippen LogP contribution in [0.4, 0.5) is 5.69 Å². The zero-order chi connectivity index (χ0) is 12.3. The topological polar surface area (TPSA) is 55.1 Å². The van der Waals surface area contributed by atoms with Crippen LogP contribution in [0.2, 0.25) is 15.1 Å². The molecule has 0 aliphatic rings. The van der Waals surface area contributed by atoms with E-state index in [-0.39, 0.29) is 5.91 Å². The second-order valence-corrected chi connectivity index (χ2v) is 4.47. The van der Waals surface area contributed by atoms with Gasteiger partial charge in [0.2, 0.25) is 5.91 Å². The molecule has 0 heterocycles. The largest absolute Gasteiger partial charge is 0.323 e. The van der Waals surface area contributed by atoms with Crippen molar-refractivity contribution in [3.63, 3.8) is 0 Å². The molecule has 1 amide bonds. The molecular weight excluding hydrogens is 270 g/mol. The number of amides is 1. The molecular formula is C10H11Cl3N2O. The Kier molecular flexibility index (Phi) is 4.87. The van der Waals surface area contributed by atoms with E-state index in [9.17, 15) is 4.79 Å². The van der Waals surface area contributed by atoms with Crippen molar-refractivity contribution in [3.8, 4) is 0 Å². The Labute approximate surface area is 109 Å². The van der Waals surface area contributed by atoms with Crippen LogP contribution >= 0.6 is 34.8 Å². The summed E-state index contributed by atoms with van der Waals surface area (Å²) < 4.78 is 0. The van der Waals surface area contributed by atoms with Gasteiger partial charge in [0.25, 0.3) is 0 Å². The Hall–Kier alpha value is -0.480. The molecule has 0 saturated carbocycles. The van der Waals surface area contributed by atoms with Crippen molar-refractivity contribution >= 4 is 46.4 Å². The molecule has 0 aromatic heterocycles. The molecule has 3 nitrogen and oxygen atoms in total. The summed E-state index contributed by atoms with van der Waals surface area (Å²) in [5, 5.41) is 3.58. The number of benzene rings is 1. The molecule has 1 rings (SSSR count). The Bertz CT molecular complexity index is 409. The SMILES string of the molecule is CCC(N)C(=O)Nc1cc(Cl)c(Cl)cc1Cl. The predicted molar refractivity (Wildman–Crippen MR) is 68.4 cm³/mol. The Morgan fingerprint density at radius 3 is 2.44 bits per heavy atom. The first kappa shape index (κ1) is 13.6. The lowest BCUT2D eigenvalue weighted by molar-refractivity contribution is -0.117. The number of nitrogens with two attached hydrogens (primary N) is 1. The monoisotopic (exact) mass is 280 g/mol. The van der Waals surface area contributed by atoms with E-state index in [0.29, 0.717) is 27.2 Å². The van der Waals surface area contributed by atoms with Crippen LogP contribution < -0.4 is 11.1 Å². The number of carbonyl (C=O) groups excluding carboxylic acids is 1. The molecule has 16 heavy (non-hydrogen) atoms. The molecule has 0 radical (unpaired) electrons. The van der Waals surface area contributed by atoms with Crippen LogP contribution in [-0.2, 0) is 4.79 Å². The van der Waals surface area contributed by atoms with Crippen molar-refractivity contribution in [2.24, 2.45) is 5.73 Å². The second-order valence-electron chi connectivity index (χ2n) is 3.25. The maximum absolute atomic E-state index is 11.5. The first-order valence-electron chi connectivity index (χ1n) is 4.66. The first-order valence-corrected chi connectivity index (χ1v) is 5.80. The molecule has 0 saturated heterocycles. The number of hydrogen-bond donors (Lipinski definition) is 2. The van der Waals surface area contributed by atoms with E-state index < -0.39 is 6.04 Å². The summed E-state index contributed by atoms with van der Waals surface area (Å²) in [6.07, 6.45) is 0.546. The molecule has 0 bridgehead atoms. The van der Waals surface area contributed by atoms with Crippen LogP contribution in [0.15, 0.2) is 12.1 Å². The van der Waals surface area contributed by atoms with E-state index in [1.807, 2.05) is 6.92 Å². The molecule has 1 unspecified atom stereocenters. The van der Waals surface area contributed by atoms with Gasteiger partial charge in [-0.15, -0.1) is 0 Å². The van der Waals surface area contributed by atoms with Gasteiger partial charge in [0.1, 0.15) is 0 Å². The van der Waals surface area contributed by atoms with E-state index in [1.165, 1.54) is 12.1 Å². The van der Waals surface area contributed by atoms with Crippen molar-refractivity contribution in [3.05, 3.63) is 27.2 Å². The molecule has 0 aliphatic heterocycles. The molecule has 0 fully saturated rings. The smallest absolute Gasteiger partial charge is 0.241 e. The average molecular weight is 282 g/mol. The van der Waals surface area contributed by atoms with Crippen LogP contribution in [0.1, 0.15) is 13.3 Å². The van der Waals surface area contributed by atoms with Gasteiger partial charge in [0.05, 0.1) is 26.8 Å². The number of rotatable bonds is 3. The lowest BCUT2D eigenvalue weighted by Crippen LogP contribution is -2.34. The first-order chi connectivity index (χ1) is 7.45. The van der Waals surface area contributed by atoms with Gasteiger partial charge in [-0.3, -0.25) is 4.79 Å². The zero-order valence-corrected chi connectivity index (χ0v) is 10.8. The van der Waals surface area contributed by atoms with Crippen LogP contribution in [0, 0.1) is 0 Å². The lowest BCUT2D eigenvalue weighted by Gasteiger charge is -2.12. The van der Waals surface area contributed by atoms with E-state index >= 15 is 0 Å². The minimum absolute atomic E-state index is 0.303. The highest BCUT2D eigenvalue weighted by molar-refractivity contribution is 6.44. The quantitative estimate of drug-likeness (QED) is 0.835. The molecule has 88 valence electrons. The van der Waals surface area contributed by atoms with Crippen molar-refractivity contribution in [2.45, 2.75) is 19.4 Å². The summed E-state index contributed by atoms with van der Waals surface area (Å²) in [7, 11) is 0. The van der Waals surface area contributed by atoms with Gasteiger partial charge in [0.15, 0.2) is 0 Å². The third-order valence-electron chi connectivity index (χ3n) is 2.04. The second kappa shape index (κ2) is 5.73. The van der Waals surface area contributed by atoms with Gasteiger partial charge in [-0.25, -0.2) is 0 Å². The van der Waals surface area contributed by atoms with Gasteiger partial charge in [-0.1, -0.05) is 41.7 Å². The lowest BCUT2D eigenvalue weighted by atomic mass is 10.2. The number of carbonyl (C=O) groups is 1. The third kappa shape index (κ3) is 3.25. The van der Waals surface area contributed by atoms with Crippen LogP contribution in [0.3, 0.4) is 0 Å². The maximum atomic E-state index is 11.5. The predicted octanol–water partition coefficient (Wildman–Crippen LogP) is 3.32.